The van der Waals surface area contributed by atoms with E-state index in [0.29, 0.717) is 12.0 Å². The molecule has 0 spiro atoms. The molecular weight excluding hydrogens is 382 g/mol. The summed E-state index contributed by atoms with van der Waals surface area (Å²) in [5.41, 5.74) is -2.84. The molecule has 9 heteroatoms. The lowest BCUT2D eigenvalue weighted by atomic mass is 9.89. The molecule has 1 aromatic rings. The van der Waals surface area contributed by atoms with Crippen LogP contribution in [0.4, 0.5) is 4.79 Å². The summed E-state index contributed by atoms with van der Waals surface area (Å²) in [6, 6.07) is 3.83. The first-order valence-electron chi connectivity index (χ1n) is 9.22. The number of hydrogen-bond acceptors (Lipinski definition) is 8. The number of carbonyl (C=O) groups is 3. The van der Waals surface area contributed by atoms with Crippen molar-refractivity contribution < 1.29 is 38.8 Å². The number of phenolic OH excluding ortho intramolecular Hbond substituents is 2. The first-order chi connectivity index (χ1) is 13.3. The number of aromatic hydroxyl groups is 2. The zero-order valence-electron chi connectivity index (χ0n) is 17.6. The maximum Gasteiger partial charge on any atom is 0.411 e. The van der Waals surface area contributed by atoms with Gasteiger partial charge in [-0.3, -0.25) is 10.1 Å². The van der Waals surface area contributed by atoms with Crippen molar-refractivity contribution in [3.8, 4) is 11.5 Å². The Kier molecular flexibility index (Phi) is 7.87. The molecule has 0 heterocycles. The molecule has 0 aliphatic carbocycles. The van der Waals surface area contributed by atoms with Gasteiger partial charge in [0.05, 0.1) is 12.5 Å². The van der Waals surface area contributed by atoms with Crippen LogP contribution in [-0.4, -0.2) is 46.2 Å². The van der Waals surface area contributed by atoms with Crippen LogP contribution in [0.15, 0.2) is 18.2 Å². The third-order valence-corrected chi connectivity index (χ3v) is 3.84. The van der Waals surface area contributed by atoms with Crippen molar-refractivity contribution >= 4 is 18.0 Å². The van der Waals surface area contributed by atoms with Gasteiger partial charge in [0.2, 0.25) is 0 Å². The van der Waals surface area contributed by atoms with Crippen molar-refractivity contribution in [2.75, 3.05) is 6.61 Å². The van der Waals surface area contributed by atoms with E-state index >= 15 is 0 Å². The van der Waals surface area contributed by atoms with Gasteiger partial charge in [-0.25, -0.2) is 9.59 Å². The van der Waals surface area contributed by atoms with Crippen LogP contribution in [0.3, 0.4) is 0 Å². The van der Waals surface area contributed by atoms with Gasteiger partial charge in [0.1, 0.15) is 5.60 Å². The second kappa shape index (κ2) is 9.49. The van der Waals surface area contributed by atoms with Gasteiger partial charge in [0, 0.05) is 6.92 Å². The minimum absolute atomic E-state index is 0.0331. The smallest absolute Gasteiger partial charge is 0.411 e. The van der Waals surface area contributed by atoms with E-state index in [9.17, 15) is 24.6 Å². The number of benzene rings is 1. The molecule has 1 aromatic carbocycles. The van der Waals surface area contributed by atoms with Gasteiger partial charge in [0.15, 0.2) is 11.5 Å². The SMILES string of the molecule is CCCOC(=O)[C@](NC(=O)OC(C)(C)C)(OC(C)=O)C(C)c1ccc(O)c(O)c1. The number of carbonyl (C=O) groups excluding carboxylic acids is 3. The minimum Gasteiger partial charge on any atom is -0.504 e. The first kappa shape index (κ1) is 24.1. The zero-order valence-corrected chi connectivity index (χ0v) is 17.6. The topological polar surface area (TPSA) is 131 Å². The zero-order chi connectivity index (χ0) is 22.4. The fourth-order valence-corrected chi connectivity index (χ4v) is 2.52. The molecule has 162 valence electrons. The van der Waals surface area contributed by atoms with E-state index in [4.69, 9.17) is 14.2 Å². The van der Waals surface area contributed by atoms with Crippen molar-refractivity contribution in [3.05, 3.63) is 23.8 Å². The van der Waals surface area contributed by atoms with Crippen LogP contribution in [0.2, 0.25) is 0 Å². The predicted molar refractivity (Wildman–Crippen MR) is 103 cm³/mol. The fourth-order valence-electron chi connectivity index (χ4n) is 2.52. The quantitative estimate of drug-likeness (QED) is 0.270. The molecule has 1 amide bonds. The maximum atomic E-state index is 12.9. The molecular formula is C20H29NO8. The molecule has 0 fully saturated rings. The number of alkyl carbamates (subject to hydrolysis) is 1. The summed E-state index contributed by atoms with van der Waals surface area (Å²) in [6.07, 6.45) is -0.495. The van der Waals surface area contributed by atoms with Crippen LogP contribution in [0.5, 0.6) is 11.5 Å². The molecule has 0 saturated carbocycles. The normalized spacial score (nSPS) is 14.3. The summed E-state index contributed by atoms with van der Waals surface area (Å²) in [7, 11) is 0. The van der Waals surface area contributed by atoms with E-state index in [2.05, 4.69) is 5.32 Å². The van der Waals surface area contributed by atoms with Crippen LogP contribution >= 0.6 is 0 Å². The van der Waals surface area contributed by atoms with Gasteiger partial charge in [0.25, 0.3) is 5.72 Å². The summed E-state index contributed by atoms with van der Waals surface area (Å²) in [6.45, 7) is 9.30. The molecule has 0 aliphatic rings. The molecule has 2 atom stereocenters. The molecule has 0 aromatic heterocycles. The first-order valence-corrected chi connectivity index (χ1v) is 9.22. The standard InChI is InChI=1S/C20H29NO8/c1-7-10-27-17(25)20(28-13(3)22,21-18(26)29-19(4,5)6)12(2)14-8-9-15(23)16(24)11-14/h8-9,11-12,23-24H,7,10H2,1-6H3,(H,21,26)/t12?,20-/m1/s1. The Morgan fingerprint density at radius 2 is 1.72 bits per heavy atom. The number of ether oxygens (including phenoxy) is 3. The highest BCUT2D eigenvalue weighted by Gasteiger charge is 2.52. The lowest BCUT2D eigenvalue weighted by Crippen LogP contribution is -2.61. The summed E-state index contributed by atoms with van der Waals surface area (Å²) in [5, 5.41) is 21.7. The van der Waals surface area contributed by atoms with Crippen molar-refractivity contribution in [1.29, 1.82) is 0 Å². The highest BCUT2D eigenvalue weighted by Crippen LogP contribution is 2.35. The van der Waals surface area contributed by atoms with Crippen LogP contribution < -0.4 is 5.32 Å². The third kappa shape index (κ3) is 6.55. The molecule has 9 nitrogen and oxygen atoms in total. The molecule has 0 bridgehead atoms. The van der Waals surface area contributed by atoms with Gasteiger partial charge in [-0.05, 0) is 44.9 Å². The van der Waals surface area contributed by atoms with Gasteiger partial charge >= 0.3 is 18.0 Å². The van der Waals surface area contributed by atoms with Gasteiger partial charge in [-0.2, -0.15) is 0 Å². The average molecular weight is 411 g/mol. The molecule has 0 radical (unpaired) electrons. The number of esters is 2. The van der Waals surface area contributed by atoms with E-state index in [-0.39, 0.29) is 12.4 Å². The van der Waals surface area contributed by atoms with Crippen molar-refractivity contribution in [1.82, 2.24) is 5.32 Å². The van der Waals surface area contributed by atoms with Crippen LogP contribution in [0, 0.1) is 0 Å². The minimum atomic E-state index is -2.26. The Morgan fingerprint density at radius 1 is 1.10 bits per heavy atom. The summed E-state index contributed by atoms with van der Waals surface area (Å²) < 4.78 is 15.7. The lowest BCUT2D eigenvalue weighted by Gasteiger charge is -2.37. The Bertz CT molecular complexity index is 755. The largest absolute Gasteiger partial charge is 0.504 e. The monoisotopic (exact) mass is 411 g/mol. The van der Waals surface area contributed by atoms with E-state index in [1.165, 1.54) is 25.1 Å². The van der Waals surface area contributed by atoms with E-state index in [0.717, 1.165) is 6.92 Å². The van der Waals surface area contributed by atoms with Gasteiger partial charge in [-0.15, -0.1) is 0 Å². The Hall–Kier alpha value is -2.97. The second-order valence-corrected chi connectivity index (χ2v) is 7.56. The number of phenols is 2. The lowest BCUT2D eigenvalue weighted by molar-refractivity contribution is -0.188. The number of amides is 1. The highest BCUT2D eigenvalue weighted by atomic mass is 16.6. The van der Waals surface area contributed by atoms with E-state index in [1.807, 2.05) is 0 Å². The van der Waals surface area contributed by atoms with Gasteiger partial charge in [-0.1, -0.05) is 19.9 Å². The molecule has 0 saturated heterocycles. The third-order valence-electron chi connectivity index (χ3n) is 3.84. The molecule has 29 heavy (non-hydrogen) atoms. The Morgan fingerprint density at radius 3 is 2.21 bits per heavy atom. The maximum absolute atomic E-state index is 12.9. The van der Waals surface area contributed by atoms with Crippen LogP contribution in [0.1, 0.15) is 59.4 Å². The molecule has 1 unspecified atom stereocenters. The molecule has 0 aliphatic heterocycles. The van der Waals surface area contributed by atoms with Crippen molar-refractivity contribution in [2.45, 2.75) is 65.2 Å². The number of rotatable bonds is 7. The van der Waals surface area contributed by atoms with Crippen molar-refractivity contribution in [3.63, 3.8) is 0 Å². The van der Waals surface area contributed by atoms with Crippen LogP contribution in [0.25, 0.3) is 0 Å². The van der Waals surface area contributed by atoms with E-state index < -0.39 is 41.0 Å². The molecule has 1 rings (SSSR count). The second-order valence-electron chi connectivity index (χ2n) is 7.56. The highest BCUT2D eigenvalue weighted by molar-refractivity contribution is 5.88. The average Bonchev–Trinajstić information content (AvgIpc) is 2.58. The summed E-state index contributed by atoms with van der Waals surface area (Å²) in [5.74, 6) is -3.66. The van der Waals surface area contributed by atoms with E-state index in [1.54, 1.807) is 27.7 Å². The number of nitrogens with one attached hydrogen (secondary N) is 1. The summed E-state index contributed by atoms with van der Waals surface area (Å²) >= 11 is 0. The predicted octanol–water partition coefficient (Wildman–Crippen LogP) is 2.94. The Labute approximate surface area is 170 Å². The van der Waals surface area contributed by atoms with Crippen LogP contribution in [-0.2, 0) is 23.8 Å². The van der Waals surface area contributed by atoms with Crippen molar-refractivity contribution in [2.24, 2.45) is 0 Å². The number of hydrogen-bond donors (Lipinski definition) is 3. The fraction of sp³-hybridized carbons (Fsp3) is 0.550. The molecule has 3 N–H and O–H groups in total. The Balaban J connectivity index is 3.47. The van der Waals surface area contributed by atoms with Gasteiger partial charge < -0.3 is 24.4 Å². The summed E-state index contributed by atoms with van der Waals surface area (Å²) in [4.78, 5) is 37.3.